The van der Waals surface area contributed by atoms with Gasteiger partial charge in [0, 0.05) is 23.9 Å². The van der Waals surface area contributed by atoms with E-state index in [0.29, 0.717) is 0 Å². The summed E-state index contributed by atoms with van der Waals surface area (Å²) in [5.74, 6) is 0.0794. The molecule has 0 saturated carbocycles. The molecule has 3 aromatic rings. The third-order valence-corrected chi connectivity index (χ3v) is 5.13. The number of benzene rings is 1. The quantitative estimate of drug-likeness (QED) is 0.750. The highest BCUT2D eigenvalue weighted by molar-refractivity contribution is 5.69. The molecule has 0 radical (unpaired) electrons. The summed E-state index contributed by atoms with van der Waals surface area (Å²) < 4.78 is 2.19. The van der Waals surface area contributed by atoms with Gasteiger partial charge in [-0.15, -0.1) is 0 Å². The van der Waals surface area contributed by atoms with Gasteiger partial charge in [0.2, 0.25) is 0 Å². The molecule has 2 aromatic heterocycles. The summed E-state index contributed by atoms with van der Waals surface area (Å²) in [5.41, 5.74) is 5.26. The number of hydrogen-bond donors (Lipinski definition) is 1. The van der Waals surface area contributed by atoms with E-state index in [2.05, 4.69) is 43.8 Å². The summed E-state index contributed by atoms with van der Waals surface area (Å²) in [6.45, 7) is 0. The van der Waals surface area contributed by atoms with Crippen LogP contribution in [0.25, 0.3) is 11.3 Å². The molecule has 1 aliphatic carbocycles. The van der Waals surface area contributed by atoms with Crippen LogP contribution in [0.3, 0.4) is 0 Å². The van der Waals surface area contributed by atoms with Gasteiger partial charge in [0.25, 0.3) is 0 Å². The predicted molar refractivity (Wildman–Crippen MR) is 84.6 cm³/mol. The Labute approximate surface area is 133 Å². The van der Waals surface area contributed by atoms with Gasteiger partial charge in [-0.2, -0.15) is 0 Å². The van der Waals surface area contributed by atoms with Gasteiger partial charge >= 0.3 is 0 Å². The topological polar surface area (TPSA) is 63.8 Å². The van der Waals surface area contributed by atoms with E-state index in [4.69, 9.17) is 0 Å². The number of fused-ring (bicyclic) bond motifs is 4. The molecule has 3 atom stereocenters. The van der Waals surface area contributed by atoms with E-state index in [9.17, 15) is 5.11 Å². The summed E-state index contributed by atoms with van der Waals surface area (Å²) in [6, 6.07) is 8.51. The average molecular weight is 304 g/mol. The Hall–Kier alpha value is -2.53. The minimum absolute atomic E-state index is 0.0794. The fraction of sp³-hybridized carbons (Fsp3) is 0.278. The van der Waals surface area contributed by atoms with Crippen LogP contribution in [0, 0.1) is 5.92 Å². The lowest BCUT2D eigenvalue weighted by atomic mass is 9.79. The third-order valence-electron chi connectivity index (χ3n) is 5.13. The number of nitrogens with zero attached hydrogens (tertiary/aromatic N) is 4. The van der Waals surface area contributed by atoms with Crippen molar-refractivity contribution in [3.05, 3.63) is 66.1 Å². The van der Waals surface area contributed by atoms with Crippen LogP contribution in [0.1, 0.15) is 35.5 Å². The number of imidazole rings is 1. The molecule has 114 valence electrons. The van der Waals surface area contributed by atoms with Crippen LogP contribution in [0.4, 0.5) is 0 Å². The number of aliphatic hydroxyl groups is 1. The van der Waals surface area contributed by atoms with E-state index in [1.165, 1.54) is 11.1 Å². The maximum Gasteiger partial charge on any atom is 0.103 e. The molecule has 5 rings (SSSR count). The van der Waals surface area contributed by atoms with E-state index < -0.39 is 6.10 Å². The number of aryl methyl sites for hydroxylation is 1. The van der Waals surface area contributed by atoms with Crippen LogP contribution in [-0.2, 0) is 6.42 Å². The molecule has 3 heterocycles. The summed E-state index contributed by atoms with van der Waals surface area (Å²) in [7, 11) is 0. The molecule has 1 aromatic carbocycles. The molecular weight excluding hydrogens is 288 g/mol. The largest absolute Gasteiger partial charge is 0.386 e. The van der Waals surface area contributed by atoms with Crippen LogP contribution in [0.5, 0.6) is 0 Å². The summed E-state index contributed by atoms with van der Waals surface area (Å²) >= 11 is 0. The first-order valence-electron chi connectivity index (χ1n) is 7.93. The predicted octanol–water partition coefficient (Wildman–Crippen LogP) is 2.54. The second-order valence-corrected chi connectivity index (χ2v) is 6.25. The van der Waals surface area contributed by atoms with Crippen molar-refractivity contribution >= 4 is 0 Å². The molecule has 5 nitrogen and oxygen atoms in total. The van der Waals surface area contributed by atoms with E-state index in [-0.39, 0.29) is 12.0 Å². The lowest BCUT2D eigenvalue weighted by molar-refractivity contribution is 0.0669. The number of hydrogen-bond acceptors (Lipinski definition) is 4. The van der Waals surface area contributed by atoms with Crippen LogP contribution < -0.4 is 0 Å². The first kappa shape index (κ1) is 13.0. The van der Waals surface area contributed by atoms with Gasteiger partial charge < -0.3 is 9.67 Å². The van der Waals surface area contributed by atoms with E-state index in [0.717, 1.165) is 29.9 Å². The van der Waals surface area contributed by atoms with E-state index in [1.54, 1.807) is 12.4 Å². The van der Waals surface area contributed by atoms with Crippen molar-refractivity contribution < 1.29 is 5.11 Å². The first-order valence-corrected chi connectivity index (χ1v) is 7.93. The normalized spacial score (nSPS) is 24.8. The second-order valence-electron chi connectivity index (χ2n) is 6.25. The Bertz CT molecular complexity index is 888. The van der Waals surface area contributed by atoms with Gasteiger partial charge in [-0.1, -0.05) is 24.3 Å². The van der Waals surface area contributed by atoms with Gasteiger partial charge in [0.05, 0.1) is 35.6 Å². The third kappa shape index (κ3) is 1.74. The Morgan fingerprint density at radius 2 is 2.00 bits per heavy atom. The minimum Gasteiger partial charge on any atom is -0.386 e. The maximum absolute atomic E-state index is 10.9. The maximum atomic E-state index is 10.9. The van der Waals surface area contributed by atoms with Crippen LogP contribution in [0.2, 0.25) is 0 Å². The molecule has 23 heavy (non-hydrogen) atoms. The first-order chi connectivity index (χ1) is 11.3. The van der Waals surface area contributed by atoms with Gasteiger partial charge in [0.1, 0.15) is 6.10 Å². The molecule has 0 spiro atoms. The molecule has 5 heteroatoms. The number of aliphatic hydroxyl groups excluding tert-OH is 1. The van der Waals surface area contributed by atoms with Gasteiger partial charge in [0.15, 0.2) is 0 Å². The smallest absolute Gasteiger partial charge is 0.103 e. The van der Waals surface area contributed by atoms with Crippen LogP contribution in [0.15, 0.2) is 49.2 Å². The zero-order chi connectivity index (χ0) is 15.4. The molecule has 1 aliphatic heterocycles. The molecular formula is C18H16N4O. The lowest BCUT2D eigenvalue weighted by Gasteiger charge is -2.33. The Balaban J connectivity index is 1.64. The summed E-state index contributed by atoms with van der Waals surface area (Å²) in [5, 5.41) is 10.9. The van der Waals surface area contributed by atoms with Gasteiger partial charge in [-0.05, 0) is 18.4 Å². The van der Waals surface area contributed by atoms with Crippen molar-refractivity contribution in [3.8, 4) is 11.3 Å². The molecule has 2 aliphatic rings. The van der Waals surface area contributed by atoms with Crippen LogP contribution >= 0.6 is 0 Å². The highest BCUT2D eigenvalue weighted by Gasteiger charge is 2.41. The van der Waals surface area contributed by atoms with Crippen molar-refractivity contribution in [2.75, 3.05) is 0 Å². The lowest BCUT2D eigenvalue weighted by Crippen LogP contribution is -2.29. The fourth-order valence-electron chi connectivity index (χ4n) is 4.12. The van der Waals surface area contributed by atoms with E-state index >= 15 is 0 Å². The molecule has 1 N–H and O–H groups in total. The zero-order valence-corrected chi connectivity index (χ0v) is 12.5. The van der Waals surface area contributed by atoms with E-state index in [1.807, 2.05) is 12.5 Å². The molecule has 0 bridgehead atoms. The molecule has 0 saturated heterocycles. The highest BCUT2D eigenvalue weighted by atomic mass is 16.3. The zero-order valence-electron chi connectivity index (χ0n) is 12.5. The molecule has 0 unspecified atom stereocenters. The standard InChI is InChI=1S/C18H16N4O/c23-18-13(5-6-14-16(18)21-8-7-20-14)17-12-4-2-1-3-11(12)15-9-19-10-22(15)17/h1-4,7-10,13,17-18,23H,5-6H2/t13-,17+,18-/m1/s1. The Kier molecular flexibility index (Phi) is 2.67. The summed E-state index contributed by atoms with van der Waals surface area (Å²) in [4.78, 5) is 13.1. The van der Waals surface area contributed by atoms with Crippen molar-refractivity contribution in [2.24, 2.45) is 5.92 Å². The number of rotatable bonds is 1. The molecule has 0 fully saturated rings. The van der Waals surface area contributed by atoms with Gasteiger partial charge in [-0.3, -0.25) is 9.97 Å². The van der Waals surface area contributed by atoms with Crippen molar-refractivity contribution in [2.45, 2.75) is 25.0 Å². The molecule has 0 amide bonds. The van der Waals surface area contributed by atoms with Crippen molar-refractivity contribution in [3.63, 3.8) is 0 Å². The fourth-order valence-corrected chi connectivity index (χ4v) is 4.12. The second kappa shape index (κ2) is 4.73. The SMILES string of the molecule is O[C@H]1c2nccnc2CC[C@@H]1[C@@H]1c2ccccc2-c2cncn21. The number of aromatic nitrogens is 4. The minimum atomic E-state index is -0.598. The van der Waals surface area contributed by atoms with Crippen LogP contribution in [-0.4, -0.2) is 24.6 Å². The summed E-state index contributed by atoms with van der Waals surface area (Å²) in [6.07, 6.45) is 8.29. The average Bonchev–Trinajstić information content (AvgIpc) is 3.17. The highest BCUT2D eigenvalue weighted by Crippen LogP contribution is 2.49. The monoisotopic (exact) mass is 304 g/mol. The van der Waals surface area contributed by atoms with Gasteiger partial charge in [-0.25, -0.2) is 4.98 Å². The van der Waals surface area contributed by atoms with Crippen molar-refractivity contribution in [1.29, 1.82) is 0 Å². The Morgan fingerprint density at radius 1 is 1.13 bits per heavy atom. The van der Waals surface area contributed by atoms with Crippen molar-refractivity contribution in [1.82, 2.24) is 19.5 Å². The Morgan fingerprint density at radius 3 is 2.96 bits per heavy atom.